The molecule has 0 radical (unpaired) electrons. The molecule has 5 heteroatoms. The van der Waals surface area contributed by atoms with Gasteiger partial charge in [0.2, 0.25) is 0 Å². The molecule has 0 saturated heterocycles. The van der Waals surface area contributed by atoms with Gasteiger partial charge in [-0.05, 0) is 31.5 Å². The topological polar surface area (TPSA) is 3.24 Å². The summed E-state index contributed by atoms with van der Waals surface area (Å²) < 4.78 is 36.4. The summed E-state index contributed by atoms with van der Waals surface area (Å²) in [6.45, 7) is -2.48. The summed E-state index contributed by atoms with van der Waals surface area (Å²) in [5.74, 6) is 0. The highest BCUT2D eigenvalue weighted by Crippen LogP contribution is 2.13. The minimum Gasteiger partial charge on any atom is -0.448 e. The van der Waals surface area contributed by atoms with Gasteiger partial charge in [-0.2, -0.15) is 0 Å². The van der Waals surface area contributed by atoms with E-state index in [1.807, 2.05) is 31.2 Å². The molecule has 0 spiro atoms. The molecule has 0 amide bonds. The first-order valence-corrected chi connectivity index (χ1v) is 4.82. The second-order valence-electron chi connectivity index (χ2n) is 3.83. The summed E-state index contributed by atoms with van der Waals surface area (Å²) in [5.41, 5.74) is 1.97. The summed E-state index contributed by atoms with van der Waals surface area (Å²) in [6.07, 6.45) is -0.811. The Labute approximate surface area is 88.0 Å². The maximum Gasteiger partial charge on any atom is 0.492 e. The van der Waals surface area contributed by atoms with Crippen LogP contribution in [-0.2, 0) is 6.54 Å². The van der Waals surface area contributed by atoms with Gasteiger partial charge in [-0.25, -0.2) is 0 Å². The second-order valence-corrected chi connectivity index (χ2v) is 3.83. The number of aryl methyl sites for hydroxylation is 1. The number of hydrogen-bond donors (Lipinski definition) is 0. The maximum absolute atomic E-state index is 12.1. The Morgan fingerprint density at radius 2 is 1.80 bits per heavy atom. The molecule has 15 heavy (non-hydrogen) atoms. The second kappa shape index (κ2) is 4.70. The molecule has 0 aliphatic rings. The lowest BCUT2D eigenvalue weighted by atomic mass is 9.91. The van der Waals surface area contributed by atoms with Crippen molar-refractivity contribution in [2.24, 2.45) is 0 Å². The first kappa shape index (κ1) is 12.1. The van der Waals surface area contributed by atoms with Crippen LogP contribution in [-0.4, -0.2) is 25.4 Å². The lowest BCUT2D eigenvalue weighted by molar-refractivity contribution is 0.322. The number of halogens is 3. The third-order valence-electron chi connectivity index (χ3n) is 2.22. The van der Waals surface area contributed by atoms with Crippen molar-refractivity contribution in [3.05, 3.63) is 35.4 Å². The summed E-state index contributed by atoms with van der Waals surface area (Å²) >= 11 is 0. The molecule has 0 N–H and O–H groups in total. The van der Waals surface area contributed by atoms with E-state index in [0.717, 1.165) is 11.1 Å². The summed E-state index contributed by atoms with van der Waals surface area (Å²) in [5, 5.41) is 0. The number of hydrogen-bond acceptors (Lipinski definition) is 1. The Morgan fingerprint density at radius 3 is 2.33 bits per heavy atom. The average Bonchev–Trinajstić information content (AvgIpc) is 2.05. The molecule has 84 valence electrons. The van der Waals surface area contributed by atoms with Crippen molar-refractivity contribution >= 4 is 6.98 Å². The van der Waals surface area contributed by atoms with Crippen molar-refractivity contribution in [2.75, 3.05) is 13.5 Å². The summed E-state index contributed by atoms with van der Waals surface area (Å²) in [7, 11) is 1.49. The molecule has 1 rings (SSSR count). The monoisotopic (exact) mass is 216 g/mol. The molecule has 0 bridgehead atoms. The SMILES string of the molecule is Cc1ccccc1CN(C)C[B-](F)(F)F. The van der Waals surface area contributed by atoms with E-state index in [1.165, 1.54) is 11.9 Å². The van der Waals surface area contributed by atoms with Gasteiger partial charge in [-0.1, -0.05) is 24.3 Å². The molecule has 1 nitrogen and oxygen atoms in total. The molecule has 0 atom stereocenters. The summed E-state index contributed by atoms with van der Waals surface area (Å²) in [4.78, 5) is 1.29. The van der Waals surface area contributed by atoms with Gasteiger partial charge in [0.1, 0.15) is 0 Å². The Bertz CT molecular complexity index is 325. The number of benzene rings is 1. The van der Waals surface area contributed by atoms with Crippen LogP contribution in [0.2, 0.25) is 0 Å². The molecule has 1 aromatic rings. The van der Waals surface area contributed by atoms with Crippen LogP contribution in [0.4, 0.5) is 12.9 Å². The molecule has 0 fully saturated rings. The largest absolute Gasteiger partial charge is 0.492 e. The van der Waals surface area contributed by atoms with E-state index in [4.69, 9.17) is 0 Å². The van der Waals surface area contributed by atoms with Gasteiger partial charge in [-0.3, -0.25) is 0 Å². The first-order valence-electron chi connectivity index (χ1n) is 4.82. The highest BCUT2D eigenvalue weighted by atomic mass is 19.4. The van der Waals surface area contributed by atoms with Gasteiger partial charge in [-0.15, -0.1) is 0 Å². The van der Waals surface area contributed by atoms with Crippen molar-refractivity contribution < 1.29 is 12.9 Å². The van der Waals surface area contributed by atoms with Crippen LogP contribution in [0.5, 0.6) is 0 Å². The van der Waals surface area contributed by atoms with Gasteiger partial charge >= 0.3 is 6.98 Å². The van der Waals surface area contributed by atoms with E-state index in [9.17, 15) is 12.9 Å². The smallest absolute Gasteiger partial charge is 0.448 e. The van der Waals surface area contributed by atoms with Crippen LogP contribution in [0.15, 0.2) is 24.3 Å². The van der Waals surface area contributed by atoms with E-state index >= 15 is 0 Å². The highest BCUT2D eigenvalue weighted by Gasteiger charge is 2.24. The normalized spacial score (nSPS) is 12.1. The molecule has 0 heterocycles. The third-order valence-corrected chi connectivity index (χ3v) is 2.22. The average molecular weight is 216 g/mol. The van der Waals surface area contributed by atoms with Crippen LogP contribution in [0.1, 0.15) is 11.1 Å². The van der Waals surface area contributed by atoms with Crippen molar-refractivity contribution in [1.82, 2.24) is 4.90 Å². The predicted molar refractivity (Wildman–Crippen MR) is 56.6 cm³/mol. The Balaban J connectivity index is 2.59. The minimum atomic E-state index is -4.73. The van der Waals surface area contributed by atoms with Gasteiger partial charge in [0, 0.05) is 6.54 Å². The molecule has 0 aliphatic carbocycles. The quantitative estimate of drug-likeness (QED) is 0.699. The van der Waals surface area contributed by atoms with Crippen molar-refractivity contribution in [3.63, 3.8) is 0 Å². The van der Waals surface area contributed by atoms with E-state index in [0.29, 0.717) is 6.54 Å². The van der Waals surface area contributed by atoms with Crippen LogP contribution in [0, 0.1) is 6.92 Å². The molecule has 0 unspecified atom stereocenters. The predicted octanol–water partition coefficient (Wildman–Crippen LogP) is 2.81. The zero-order valence-corrected chi connectivity index (χ0v) is 8.88. The maximum atomic E-state index is 12.1. The molecular weight excluding hydrogens is 202 g/mol. The first-order chi connectivity index (χ1) is 6.88. The fourth-order valence-corrected chi connectivity index (χ4v) is 1.50. The molecule has 1 aromatic carbocycles. The van der Waals surface area contributed by atoms with Gasteiger partial charge in [0.25, 0.3) is 0 Å². The lowest BCUT2D eigenvalue weighted by Crippen LogP contribution is -2.35. The van der Waals surface area contributed by atoms with Crippen LogP contribution < -0.4 is 0 Å². The van der Waals surface area contributed by atoms with Crippen LogP contribution in [0.3, 0.4) is 0 Å². The summed E-state index contributed by atoms with van der Waals surface area (Å²) in [6, 6.07) is 7.48. The Kier molecular flexibility index (Phi) is 3.80. The zero-order valence-electron chi connectivity index (χ0n) is 8.88. The third kappa shape index (κ3) is 4.38. The van der Waals surface area contributed by atoms with Crippen molar-refractivity contribution in [3.8, 4) is 0 Å². The van der Waals surface area contributed by atoms with Crippen molar-refractivity contribution in [2.45, 2.75) is 13.5 Å². The Hall–Kier alpha value is -0.965. The van der Waals surface area contributed by atoms with E-state index < -0.39 is 13.4 Å². The highest BCUT2D eigenvalue weighted by molar-refractivity contribution is 6.58. The lowest BCUT2D eigenvalue weighted by Gasteiger charge is -2.24. The molecule has 0 saturated carbocycles. The van der Waals surface area contributed by atoms with Crippen molar-refractivity contribution in [1.29, 1.82) is 0 Å². The van der Waals surface area contributed by atoms with E-state index in [1.54, 1.807) is 0 Å². The molecule has 0 aromatic heterocycles. The van der Waals surface area contributed by atoms with Gasteiger partial charge < -0.3 is 17.8 Å². The van der Waals surface area contributed by atoms with E-state index in [2.05, 4.69) is 0 Å². The van der Waals surface area contributed by atoms with Crippen LogP contribution >= 0.6 is 0 Å². The minimum absolute atomic E-state index is 0.341. The van der Waals surface area contributed by atoms with Gasteiger partial charge in [0.05, 0.1) is 0 Å². The Morgan fingerprint density at radius 1 is 1.20 bits per heavy atom. The zero-order chi connectivity index (χ0) is 11.5. The fraction of sp³-hybridized carbons (Fsp3) is 0.400. The van der Waals surface area contributed by atoms with Crippen LogP contribution in [0.25, 0.3) is 0 Å². The number of nitrogens with zero attached hydrogens (tertiary/aromatic N) is 1. The van der Waals surface area contributed by atoms with E-state index in [-0.39, 0.29) is 0 Å². The molecule has 0 aliphatic heterocycles. The number of rotatable bonds is 4. The standard InChI is InChI=1S/C10H14BF3N/c1-9-5-3-4-6-10(9)7-15(2)8-11(12,13)14/h3-6H,7-8H2,1-2H3/q-1. The molecular formula is C10H14BF3N-. The fourth-order valence-electron chi connectivity index (χ4n) is 1.50. The van der Waals surface area contributed by atoms with Gasteiger partial charge in [0.15, 0.2) is 0 Å².